The molecule has 0 aliphatic carbocycles. The van der Waals surface area contributed by atoms with Crippen LogP contribution in [0.2, 0.25) is 0 Å². The maximum Gasteiger partial charge on any atom is 0.354 e. The van der Waals surface area contributed by atoms with E-state index in [1.807, 2.05) is 0 Å². The number of nitrogens with zero attached hydrogens (tertiary/aromatic N) is 2. The van der Waals surface area contributed by atoms with Crippen molar-refractivity contribution in [1.29, 1.82) is 0 Å². The maximum absolute atomic E-state index is 13.6. The molecule has 1 N–H and O–H groups in total. The molecular formula is C11H6BrFN2O2. The lowest BCUT2D eigenvalue weighted by molar-refractivity contribution is 0.0690. The van der Waals surface area contributed by atoms with E-state index < -0.39 is 11.8 Å². The fourth-order valence-corrected chi connectivity index (χ4v) is 1.68. The quantitative estimate of drug-likeness (QED) is 0.925. The van der Waals surface area contributed by atoms with Crippen molar-refractivity contribution in [2.45, 2.75) is 0 Å². The van der Waals surface area contributed by atoms with Crippen LogP contribution < -0.4 is 0 Å². The van der Waals surface area contributed by atoms with Gasteiger partial charge in [-0.25, -0.2) is 19.2 Å². The van der Waals surface area contributed by atoms with Crippen molar-refractivity contribution >= 4 is 21.9 Å². The predicted molar refractivity (Wildman–Crippen MR) is 62.1 cm³/mol. The lowest BCUT2D eigenvalue weighted by atomic mass is 10.1. The lowest BCUT2D eigenvalue weighted by Crippen LogP contribution is -2.01. The fourth-order valence-electron chi connectivity index (χ4n) is 1.32. The van der Waals surface area contributed by atoms with E-state index in [2.05, 4.69) is 25.9 Å². The number of aromatic carboxylic acids is 1. The molecule has 0 amide bonds. The van der Waals surface area contributed by atoms with Gasteiger partial charge in [0.25, 0.3) is 0 Å². The predicted octanol–water partition coefficient (Wildman–Crippen LogP) is 2.74. The van der Waals surface area contributed by atoms with Crippen LogP contribution >= 0.6 is 15.9 Å². The minimum Gasteiger partial charge on any atom is -0.477 e. The number of halogens is 2. The zero-order valence-corrected chi connectivity index (χ0v) is 9.98. The number of rotatable bonds is 2. The first kappa shape index (κ1) is 11.7. The van der Waals surface area contributed by atoms with E-state index in [1.165, 1.54) is 18.2 Å². The Bertz CT molecular complexity index is 589. The van der Waals surface area contributed by atoms with Crippen LogP contribution in [0.5, 0.6) is 0 Å². The minimum atomic E-state index is -1.18. The number of carboxylic acid groups (broad SMARTS) is 1. The highest BCUT2D eigenvalue weighted by Gasteiger charge is 2.11. The highest BCUT2D eigenvalue weighted by Crippen LogP contribution is 2.24. The molecule has 2 rings (SSSR count). The van der Waals surface area contributed by atoms with E-state index in [0.717, 1.165) is 6.33 Å². The molecule has 4 nitrogen and oxygen atoms in total. The van der Waals surface area contributed by atoms with Gasteiger partial charge in [0.2, 0.25) is 0 Å². The SMILES string of the molecule is O=C(O)c1cc(-c2cc(Br)ccc2F)ncn1. The van der Waals surface area contributed by atoms with Gasteiger partial charge in [-0.15, -0.1) is 0 Å². The van der Waals surface area contributed by atoms with Gasteiger partial charge < -0.3 is 5.11 Å². The van der Waals surface area contributed by atoms with Gasteiger partial charge in [-0.1, -0.05) is 15.9 Å². The van der Waals surface area contributed by atoms with Gasteiger partial charge in [0.05, 0.1) is 5.69 Å². The van der Waals surface area contributed by atoms with E-state index in [0.29, 0.717) is 4.47 Å². The number of carboxylic acids is 1. The molecule has 1 aromatic heterocycles. The second-order valence-electron chi connectivity index (χ2n) is 3.22. The molecule has 0 fully saturated rings. The van der Waals surface area contributed by atoms with Crippen molar-refractivity contribution in [3.8, 4) is 11.3 Å². The molecule has 0 saturated carbocycles. The Hall–Kier alpha value is -1.82. The molecule has 0 aliphatic heterocycles. The molecule has 0 saturated heterocycles. The molecule has 0 aliphatic rings. The first-order valence-corrected chi connectivity index (χ1v) is 5.38. The zero-order valence-electron chi connectivity index (χ0n) is 8.39. The summed E-state index contributed by atoms with van der Waals surface area (Å²) >= 11 is 3.21. The normalized spacial score (nSPS) is 10.2. The summed E-state index contributed by atoms with van der Waals surface area (Å²) in [5.74, 6) is -1.65. The van der Waals surface area contributed by atoms with Gasteiger partial charge in [0, 0.05) is 10.0 Å². The Morgan fingerprint density at radius 3 is 2.76 bits per heavy atom. The van der Waals surface area contributed by atoms with E-state index >= 15 is 0 Å². The summed E-state index contributed by atoms with van der Waals surface area (Å²) in [6, 6.07) is 5.59. The summed E-state index contributed by atoms with van der Waals surface area (Å²) in [5.41, 5.74) is 0.287. The molecule has 0 atom stereocenters. The number of carbonyl (C=O) groups is 1. The van der Waals surface area contributed by atoms with Crippen LogP contribution in [0.1, 0.15) is 10.5 Å². The van der Waals surface area contributed by atoms with Crippen LogP contribution in [-0.4, -0.2) is 21.0 Å². The Kier molecular flexibility index (Phi) is 3.14. The smallest absolute Gasteiger partial charge is 0.354 e. The van der Waals surface area contributed by atoms with Gasteiger partial charge in [-0.05, 0) is 24.3 Å². The summed E-state index contributed by atoms with van der Waals surface area (Å²) < 4.78 is 14.2. The highest BCUT2D eigenvalue weighted by molar-refractivity contribution is 9.10. The molecule has 1 heterocycles. The standard InChI is InChI=1S/C11H6BrFN2O2/c12-6-1-2-8(13)7(3-6)9-4-10(11(16)17)15-5-14-9/h1-5H,(H,16,17). The topological polar surface area (TPSA) is 63.1 Å². The maximum atomic E-state index is 13.6. The fraction of sp³-hybridized carbons (Fsp3) is 0. The van der Waals surface area contributed by atoms with E-state index in [4.69, 9.17) is 5.11 Å². The molecule has 2 aromatic rings. The van der Waals surface area contributed by atoms with E-state index in [9.17, 15) is 9.18 Å². The number of hydrogen-bond acceptors (Lipinski definition) is 3. The van der Waals surface area contributed by atoms with Crippen molar-refractivity contribution in [1.82, 2.24) is 9.97 Å². The van der Waals surface area contributed by atoms with E-state index in [-0.39, 0.29) is 17.0 Å². The molecule has 0 radical (unpaired) electrons. The van der Waals surface area contributed by atoms with Crippen LogP contribution in [0.4, 0.5) is 4.39 Å². The van der Waals surface area contributed by atoms with Crippen LogP contribution in [0.3, 0.4) is 0 Å². The molecule has 1 aromatic carbocycles. The molecular weight excluding hydrogens is 291 g/mol. The third-order valence-corrected chi connectivity index (χ3v) is 2.58. The largest absolute Gasteiger partial charge is 0.477 e. The van der Waals surface area contributed by atoms with Gasteiger partial charge >= 0.3 is 5.97 Å². The number of hydrogen-bond donors (Lipinski definition) is 1. The Morgan fingerprint density at radius 2 is 2.06 bits per heavy atom. The second kappa shape index (κ2) is 4.58. The van der Waals surface area contributed by atoms with Crippen molar-refractivity contribution in [3.05, 3.63) is 46.6 Å². The molecule has 86 valence electrons. The van der Waals surface area contributed by atoms with Gasteiger partial charge in [-0.3, -0.25) is 0 Å². The molecule has 0 bridgehead atoms. The second-order valence-corrected chi connectivity index (χ2v) is 4.13. The lowest BCUT2D eigenvalue weighted by Gasteiger charge is -2.03. The average molecular weight is 297 g/mol. The Morgan fingerprint density at radius 1 is 1.29 bits per heavy atom. The number of benzene rings is 1. The Labute approximate surface area is 104 Å². The summed E-state index contributed by atoms with van der Waals surface area (Å²) in [4.78, 5) is 18.2. The summed E-state index contributed by atoms with van der Waals surface area (Å²) in [7, 11) is 0. The molecule has 0 spiro atoms. The van der Waals surface area contributed by atoms with Gasteiger partial charge in [0.1, 0.15) is 12.1 Å². The van der Waals surface area contributed by atoms with Crippen LogP contribution in [0.25, 0.3) is 11.3 Å². The summed E-state index contributed by atoms with van der Waals surface area (Å²) in [5, 5.41) is 8.79. The van der Waals surface area contributed by atoms with Crippen molar-refractivity contribution in [3.63, 3.8) is 0 Å². The summed E-state index contributed by atoms with van der Waals surface area (Å²) in [6.45, 7) is 0. The minimum absolute atomic E-state index is 0.172. The first-order chi connectivity index (χ1) is 8.08. The zero-order chi connectivity index (χ0) is 12.4. The monoisotopic (exact) mass is 296 g/mol. The van der Waals surface area contributed by atoms with Crippen molar-refractivity contribution < 1.29 is 14.3 Å². The molecule has 0 unspecified atom stereocenters. The molecule has 17 heavy (non-hydrogen) atoms. The van der Waals surface area contributed by atoms with Gasteiger partial charge in [-0.2, -0.15) is 0 Å². The molecule has 6 heteroatoms. The number of aromatic nitrogens is 2. The third kappa shape index (κ3) is 2.47. The van der Waals surface area contributed by atoms with Gasteiger partial charge in [0.15, 0.2) is 5.69 Å². The van der Waals surface area contributed by atoms with Crippen LogP contribution in [0, 0.1) is 5.82 Å². The third-order valence-electron chi connectivity index (χ3n) is 2.09. The average Bonchev–Trinajstić information content (AvgIpc) is 2.32. The summed E-state index contributed by atoms with van der Waals surface area (Å²) in [6.07, 6.45) is 1.10. The van der Waals surface area contributed by atoms with E-state index in [1.54, 1.807) is 6.07 Å². The van der Waals surface area contributed by atoms with Crippen LogP contribution in [0.15, 0.2) is 35.1 Å². The van der Waals surface area contributed by atoms with Crippen molar-refractivity contribution in [2.75, 3.05) is 0 Å². The highest BCUT2D eigenvalue weighted by atomic mass is 79.9. The Balaban J connectivity index is 2.56. The van der Waals surface area contributed by atoms with Crippen LogP contribution in [-0.2, 0) is 0 Å². The first-order valence-electron chi connectivity index (χ1n) is 4.58. The van der Waals surface area contributed by atoms with Crippen molar-refractivity contribution in [2.24, 2.45) is 0 Å².